The summed E-state index contributed by atoms with van der Waals surface area (Å²) < 4.78 is 10.9. The summed E-state index contributed by atoms with van der Waals surface area (Å²) in [6, 6.07) is 14.0. The molecule has 0 spiro atoms. The van der Waals surface area contributed by atoms with Crippen LogP contribution in [0.15, 0.2) is 42.5 Å². The van der Waals surface area contributed by atoms with Crippen molar-refractivity contribution in [3.63, 3.8) is 0 Å². The molecule has 1 saturated heterocycles. The van der Waals surface area contributed by atoms with Gasteiger partial charge in [0.05, 0.1) is 19.8 Å². The van der Waals surface area contributed by atoms with E-state index in [0.29, 0.717) is 0 Å². The number of aryl methyl sites for hydroxylation is 1. The van der Waals surface area contributed by atoms with Gasteiger partial charge in [-0.05, 0) is 49.2 Å². The maximum Gasteiger partial charge on any atom is 0.282 e. The minimum Gasteiger partial charge on any atom is -0.497 e. The smallest absolute Gasteiger partial charge is 0.282 e. The molecule has 0 radical (unpaired) electrons. The predicted molar refractivity (Wildman–Crippen MR) is 119 cm³/mol. The van der Waals surface area contributed by atoms with Gasteiger partial charge in [-0.2, -0.15) is 0 Å². The molecule has 1 aliphatic heterocycles. The minimum atomic E-state index is -0.0660. The van der Waals surface area contributed by atoms with Gasteiger partial charge in [0.1, 0.15) is 44.2 Å². The average molecular weight is 414 g/mol. The summed E-state index contributed by atoms with van der Waals surface area (Å²) in [6.07, 6.45) is 1.00. The number of hydrogen-bond acceptors (Lipinski definition) is 3. The molecule has 3 rings (SSSR count). The van der Waals surface area contributed by atoms with E-state index in [9.17, 15) is 4.79 Å². The quantitative estimate of drug-likeness (QED) is 0.593. The highest BCUT2D eigenvalue weighted by molar-refractivity contribution is 5.93. The number of benzene rings is 2. The first-order chi connectivity index (χ1) is 14.5. The van der Waals surface area contributed by atoms with Gasteiger partial charge in [0.15, 0.2) is 6.04 Å². The van der Waals surface area contributed by atoms with Gasteiger partial charge in [0, 0.05) is 5.69 Å². The lowest BCUT2D eigenvalue weighted by Crippen LogP contribution is -3.29. The van der Waals surface area contributed by atoms with Gasteiger partial charge in [-0.1, -0.05) is 19.1 Å². The Morgan fingerprint density at radius 3 is 2.33 bits per heavy atom. The summed E-state index contributed by atoms with van der Waals surface area (Å²) in [6.45, 7) is 9.07. The molecule has 1 amide bonds. The first kappa shape index (κ1) is 22.1. The largest absolute Gasteiger partial charge is 0.497 e. The topological polar surface area (TPSA) is 56.4 Å². The van der Waals surface area contributed by atoms with E-state index in [4.69, 9.17) is 9.47 Å². The molecule has 1 fully saturated rings. The van der Waals surface area contributed by atoms with Crippen molar-refractivity contribution in [2.75, 3.05) is 45.7 Å². The van der Waals surface area contributed by atoms with Crippen LogP contribution in [-0.4, -0.2) is 52.3 Å². The molecule has 0 bridgehead atoms. The maximum absolute atomic E-state index is 12.7. The van der Waals surface area contributed by atoms with Crippen molar-refractivity contribution in [2.45, 2.75) is 32.9 Å². The summed E-state index contributed by atoms with van der Waals surface area (Å²) in [4.78, 5) is 15.6. The SMILES string of the molecule is CCc1ccc(NC(=O)[C@@H](C)[NH+]2CC[NH+](Cc3cc(OC)ccc3OC)CC2)cc1. The Kier molecular flexibility index (Phi) is 7.71. The third-order valence-electron chi connectivity index (χ3n) is 6.16. The van der Waals surface area contributed by atoms with Crippen LogP contribution in [-0.2, 0) is 17.8 Å². The number of carbonyl (C=O) groups excluding carboxylic acids is 1. The van der Waals surface area contributed by atoms with Crippen molar-refractivity contribution >= 4 is 11.6 Å². The maximum atomic E-state index is 12.7. The number of quaternary nitrogens is 2. The highest BCUT2D eigenvalue weighted by Gasteiger charge is 2.31. The van der Waals surface area contributed by atoms with Gasteiger partial charge in [-0.3, -0.25) is 4.79 Å². The molecule has 1 aliphatic rings. The van der Waals surface area contributed by atoms with Crippen LogP contribution in [0, 0.1) is 0 Å². The van der Waals surface area contributed by atoms with Crippen molar-refractivity contribution in [1.29, 1.82) is 0 Å². The second-order valence-electron chi connectivity index (χ2n) is 8.02. The summed E-state index contributed by atoms with van der Waals surface area (Å²) in [7, 11) is 3.39. The van der Waals surface area contributed by atoms with Crippen LogP contribution in [0.4, 0.5) is 5.69 Å². The molecule has 162 valence electrons. The third kappa shape index (κ3) is 5.52. The predicted octanol–water partition coefficient (Wildman–Crippen LogP) is 0.577. The number of hydrogen-bond donors (Lipinski definition) is 3. The van der Waals surface area contributed by atoms with E-state index in [0.717, 1.165) is 61.9 Å². The summed E-state index contributed by atoms with van der Waals surface area (Å²) in [5.74, 6) is 1.85. The number of methoxy groups -OCH3 is 2. The molecule has 3 N–H and O–H groups in total. The molecule has 0 unspecified atom stereocenters. The van der Waals surface area contributed by atoms with Crippen molar-refractivity contribution in [1.82, 2.24) is 0 Å². The van der Waals surface area contributed by atoms with E-state index in [1.165, 1.54) is 15.4 Å². The van der Waals surface area contributed by atoms with Crippen LogP contribution in [0.1, 0.15) is 25.0 Å². The van der Waals surface area contributed by atoms with Crippen LogP contribution < -0.4 is 24.6 Å². The zero-order valence-electron chi connectivity index (χ0n) is 18.6. The molecule has 1 heterocycles. The molecule has 0 aliphatic carbocycles. The van der Waals surface area contributed by atoms with Gasteiger partial charge in [0.25, 0.3) is 5.91 Å². The Bertz CT molecular complexity index is 830. The number of carbonyl (C=O) groups is 1. The van der Waals surface area contributed by atoms with Gasteiger partial charge < -0.3 is 24.6 Å². The molecule has 2 aromatic rings. The van der Waals surface area contributed by atoms with Gasteiger partial charge in [-0.25, -0.2) is 0 Å². The summed E-state index contributed by atoms with van der Waals surface area (Å²) >= 11 is 0. The number of amides is 1. The van der Waals surface area contributed by atoms with Gasteiger partial charge >= 0.3 is 0 Å². The van der Waals surface area contributed by atoms with E-state index in [2.05, 4.69) is 30.4 Å². The van der Waals surface area contributed by atoms with Crippen molar-refractivity contribution in [2.24, 2.45) is 0 Å². The van der Waals surface area contributed by atoms with Crippen LogP contribution in [0.2, 0.25) is 0 Å². The Hall–Kier alpha value is -2.57. The minimum absolute atomic E-state index is 0.0660. The molecule has 30 heavy (non-hydrogen) atoms. The van der Waals surface area contributed by atoms with Crippen LogP contribution in [0.5, 0.6) is 11.5 Å². The number of rotatable bonds is 8. The molecule has 6 heteroatoms. The zero-order valence-corrected chi connectivity index (χ0v) is 18.6. The Labute approximate surface area is 179 Å². The van der Waals surface area contributed by atoms with Crippen molar-refractivity contribution in [3.8, 4) is 11.5 Å². The van der Waals surface area contributed by atoms with Crippen LogP contribution >= 0.6 is 0 Å². The fourth-order valence-electron chi connectivity index (χ4n) is 4.08. The van der Waals surface area contributed by atoms with E-state index in [1.807, 2.05) is 31.2 Å². The van der Waals surface area contributed by atoms with E-state index in [-0.39, 0.29) is 11.9 Å². The molecule has 6 nitrogen and oxygen atoms in total. The summed E-state index contributed by atoms with van der Waals surface area (Å²) in [5.41, 5.74) is 3.31. The lowest BCUT2D eigenvalue weighted by molar-refractivity contribution is -1.02. The van der Waals surface area contributed by atoms with Gasteiger partial charge in [-0.15, -0.1) is 0 Å². The number of anilines is 1. The Morgan fingerprint density at radius 1 is 1.03 bits per heavy atom. The lowest BCUT2D eigenvalue weighted by atomic mass is 10.1. The number of piperazine rings is 1. The van der Waals surface area contributed by atoms with E-state index in [1.54, 1.807) is 14.2 Å². The standard InChI is InChI=1S/C24H33N3O3/c1-5-19-6-8-21(9-7-19)25-24(28)18(2)27-14-12-26(13-15-27)17-20-16-22(29-3)10-11-23(20)30-4/h6-11,16,18H,5,12-15,17H2,1-4H3,(H,25,28)/p+2/t18-/m1/s1. The lowest BCUT2D eigenvalue weighted by Gasteiger charge is -2.32. The first-order valence-electron chi connectivity index (χ1n) is 10.8. The van der Waals surface area contributed by atoms with Crippen molar-refractivity contribution in [3.05, 3.63) is 53.6 Å². The molecule has 0 aromatic heterocycles. The third-order valence-corrected chi connectivity index (χ3v) is 6.16. The van der Waals surface area contributed by atoms with Gasteiger partial charge in [0.2, 0.25) is 0 Å². The second kappa shape index (κ2) is 10.5. The number of ether oxygens (including phenoxy) is 2. The average Bonchev–Trinajstić information content (AvgIpc) is 2.79. The fraction of sp³-hybridized carbons (Fsp3) is 0.458. The van der Waals surface area contributed by atoms with Crippen LogP contribution in [0.25, 0.3) is 0 Å². The van der Waals surface area contributed by atoms with E-state index < -0.39 is 0 Å². The molecule has 1 atom stereocenters. The fourth-order valence-corrected chi connectivity index (χ4v) is 4.08. The first-order valence-corrected chi connectivity index (χ1v) is 10.8. The normalized spacial score (nSPS) is 19.7. The molecular weight excluding hydrogens is 378 g/mol. The Balaban J connectivity index is 1.52. The zero-order chi connectivity index (χ0) is 21.5. The molecule has 0 saturated carbocycles. The van der Waals surface area contributed by atoms with Crippen LogP contribution in [0.3, 0.4) is 0 Å². The summed E-state index contributed by atoms with van der Waals surface area (Å²) in [5, 5.41) is 3.07. The molecular formula is C24H35N3O3+2. The monoisotopic (exact) mass is 413 g/mol. The second-order valence-corrected chi connectivity index (χ2v) is 8.02. The highest BCUT2D eigenvalue weighted by Crippen LogP contribution is 2.23. The molecule has 2 aromatic carbocycles. The van der Waals surface area contributed by atoms with Crippen molar-refractivity contribution < 1.29 is 24.1 Å². The number of nitrogens with one attached hydrogen (secondary N) is 3. The highest BCUT2D eigenvalue weighted by atomic mass is 16.5. The Morgan fingerprint density at radius 2 is 1.73 bits per heavy atom. The van der Waals surface area contributed by atoms with E-state index >= 15 is 0 Å².